The molecule has 0 aliphatic carbocycles. The van der Waals surface area contributed by atoms with E-state index in [0.29, 0.717) is 18.8 Å². The third-order valence-electron chi connectivity index (χ3n) is 2.72. The van der Waals surface area contributed by atoms with Crippen LogP contribution in [0.15, 0.2) is 10.5 Å². The van der Waals surface area contributed by atoms with Gasteiger partial charge >= 0.3 is 5.91 Å². The molecule has 1 aromatic rings. The van der Waals surface area contributed by atoms with Gasteiger partial charge in [-0.2, -0.15) is 0 Å². The zero-order valence-corrected chi connectivity index (χ0v) is 11.7. The number of hydrogen-bond donors (Lipinski definition) is 2. The van der Waals surface area contributed by atoms with Crippen LogP contribution in [0.4, 0.5) is 0 Å². The van der Waals surface area contributed by atoms with Gasteiger partial charge in [-0.25, -0.2) is 5.84 Å². The first kappa shape index (κ1) is 15.2. The van der Waals surface area contributed by atoms with Crippen LogP contribution in [0, 0.1) is 6.92 Å². The van der Waals surface area contributed by atoms with Gasteiger partial charge in [0.25, 0.3) is 0 Å². The SMILES string of the molecule is Cc1oc(C(=O)NN)cc1CN(C)CC(=O)N(C)C. The number of carbonyl (C=O) groups excluding carboxylic acids is 2. The molecule has 0 saturated carbocycles. The van der Waals surface area contributed by atoms with E-state index in [9.17, 15) is 9.59 Å². The van der Waals surface area contributed by atoms with Gasteiger partial charge in [-0.05, 0) is 20.0 Å². The van der Waals surface area contributed by atoms with E-state index in [0.717, 1.165) is 5.56 Å². The van der Waals surface area contributed by atoms with Gasteiger partial charge in [0.2, 0.25) is 5.91 Å². The van der Waals surface area contributed by atoms with Crippen molar-refractivity contribution in [1.29, 1.82) is 0 Å². The van der Waals surface area contributed by atoms with Gasteiger partial charge in [0.1, 0.15) is 5.76 Å². The summed E-state index contributed by atoms with van der Waals surface area (Å²) in [6.07, 6.45) is 0. The lowest BCUT2D eigenvalue weighted by atomic mass is 10.2. The van der Waals surface area contributed by atoms with Crippen molar-refractivity contribution in [3.05, 3.63) is 23.2 Å². The minimum atomic E-state index is -0.471. The molecule has 0 aliphatic rings. The fourth-order valence-electron chi connectivity index (χ4n) is 1.58. The number of aryl methyl sites for hydroxylation is 1. The van der Waals surface area contributed by atoms with E-state index in [1.54, 1.807) is 27.1 Å². The van der Waals surface area contributed by atoms with Crippen molar-refractivity contribution in [3.8, 4) is 0 Å². The predicted octanol–water partition coefficient (Wildman–Crippen LogP) is -0.288. The topological polar surface area (TPSA) is 91.8 Å². The van der Waals surface area contributed by atoms with E-state index in [1.165, 1.54) is 4.90 Å². The molecule has 0 bridgehead atoms. The van der Waals surface area contributed by atoms with Crippen LogP contribution >= 0.6 is 0 Å². The maximum Gasteiger partial charge on any atom is 0.300 e. The molecule has 0 saturated heterocycles. The van der Waals surface area contributed by atoms with Crippen LogP contribution in [0.3, 0.4) is 0 Å². The molecule has 0 aliphatic heterocycles. The van der Waals surface area contributed by atoms with E-state index in [-0.39, 0.29) is 11.7 Å². The fourth-order valence-corrected chi connectivity index (χ4v) is 1.58. The number of nitrogens with zero attached hydrogens (tertiary/aromatic N) is 2. The number of likely N-dealkylation sites (N-methyl/N-ethyl adjacent to an activating group) is 2. The van der Waals surface area contributed by atoms with Gasteiger partial charge in [0, 0.05) is 26.2 Å². The molecule has 3 N–H and O–H groups in total. The molecule has 0 radical (unpaired) electrons. The zero-order valence-electron chi connectivity index (χ0n) is 11.7. The van der Waals surface area contributed by atoms with Crippen LogP contribution in [0.5, 0.6) is 0 Å². The number of furan rings is 1. The fraction of sp³-hybridized carbons (Fsp3) is 0.500. The van der Waals surface area contributed by atoms with Crippen molar-refractivity contribution in [1.82, 2.24) is 15.2 Å². The number of nitrogens with one attached hydrogen (secondary N) is 1. The highest BCUT2D eigenvalue weighted by molar-refractivity contribution is 5.91. The molecule has 7 heteroatoms. The highest BCUT2D eigenvalue weighted by Crippen LogP contribution is 2.16. The molecule has 1 rings (SSSR count). The molecule has 7 nitrogen and oxygen atoms in total. The number of rotatable bonds is 5. The minimum absolute atomic E-state index is 0.0172. The Hall–Kier alpha value is -1.86. The number of nitrogens with two attached hydrogens (primary N) is 1. The Labute approximate surface area is 112 Å². The first-order valence-electron chi connectivity index (χ1n) is 5.84. The molecule has 0 unspecified atom stereocenters. The second-order valence-corrected chi connectivity index (χ2v) is 4.63. The molecule has 0 atom stereocenters. The summed E-state index contributed by atoms with van der Waals surface area (Å²) in [6, 6.07) is 1.63. The summed E-state index contributed by atoms with van der Waals surface area (Å²) in [5.41, 5.74) is 2.87. The van der Waals surface area contributed by atoms with E-state index in [4.69, 9.17) is 10.3 Å². The van der Waals surface area contributed by atoms with Crippen molar-refractivity contribution in [3.63, 3.8) is 0 Å². The Balaban J connectivity index is 2.69. The summed E-state index contributed by atoms with van der Waals surface area (Å²) in [5.74, 6) is 5.40. The molecular formula is C12H20N4O3. The molecule has 0 spiro atoms. The summed E-state index contributed by atoms with van der Waals surface area (Å²) in [4.78, 5) is 26.3. The van der Waals surface area contributed by atoms with Crippen molar-refractivity contribution >= 4 is 11.8 Å². The van der Waals surface area contributed by atoms with Gasteiger partial charge < -0.3 is 9.32 Å². The second kappa shape index (κ2) is 6.35. The summed E-state index contributed by atoms with van der Waals surface area (Å²) >= 11 is 0. The largest absolute Gasteiger partial charge is 0.456 e. The van der Waals surface area contributed by atoms with Crippen LogP contribution in [0.1, 0.15) is 21.9 Å². The van der Waals surface area contributed by atoms with E-state index >= 15 is 0 Å². The Morgan fingerprint density at radius 2 is 2.00 bits per heavy atom. The Morgan fingerprint density at radius 1 is 1.37 bits per heavy atom. The van der Waals surface area contributed by atoms with E-state index < -0.39 is 5.91 Å². The average Bonchev–Trinajstić information content (AvgIpc) is 2.69. The van der Waals surface area contributed by atoms with Crippen molar-refractivity contribution in [2.24, 2.45) is 5.84 Å². The highest BCUT2D eigenvalue weighted by Gasteiger charge is 2.16. The molecule has 106 valence electrons. The third-order valence-corrected chi connectivity index (χ3v) is 2.72. The van der Waals surface area contributed by atoms with Crippen molar-refractivity contribution in [2.45, 2.75) is 13.5 Å². The lowest BCUT2D eigenvalue weighted by Crippen LogP contribution is -2.34. The molecule has 1 heterocycles. The van der Waals surface area contributed by atoms with Crippen LogP contribution in [0.2, 0.25) is 0 Å². The number of hydrazine groups is 1. The van der Waals surface area contributed by atoms with Gasteiger partial charge in [-0.3, -0.25) is 19.9 Å². The summed E-state index contributed by atoms with van der Waals surface area (Å²) < 4.78 is 5.31. The first-order valence-corrected chi connectivity index (χ1v) is 5.84. The Morgan fingerprint density at radius 3 is 2.53 bits per heavy atom. The maximum atomic E-state index is 11.6. The van der Waals surface area contributed by atoms with Gasteiger partial charge in [-0.15, -0.1) is 0 Å². The normalized spacial score (nSPS) is 10.6. The van der Waals surface area contributed by atoms with Gasteiger partial charge in [0.05, 0.1) is 6.54 Å². The van der Waals surface area contributed by atoms with E-state index in [2.05, 4.69) is 0 Å². The lowest BCUT2D eigenvalue weighted by Gasteiger charge is -2.18. The van der Waals surface area contributed by atoms with Crippen molar-refractivity contribution in [2.75, 3.05) is 27.7 Å². The smallest absolute Gasteiger partial charge is 0.300 e. The predicted molar refractivity (Wildman–Crippen MR) is 70.1 cm³/mol. The highest BCUT2D eigenvalue weighted by atomic mass is 16.4. The second-order valence-electron chi connectivity index (χ2n) is 4.63. The number of nitrogen functional groups attached to an aromatic ring is 1. The van der Waals surface area contributed by atoms with Crippen LogP contribution in [-0.4, -0.2) is 49.3 Å². The number of amides is 2. The summed E-state index contributed by atoms with van der Waals surface area (Å²) in [6.45, 7) is 2.59. The molecule has 0 fully saturated rings. The summed E-state index contributed by atoms with van der Waals surface area (Å²) in [7, 11) is 5.25. The van der Waals surface area contributed by atoms with Crippen LogP contribution in [-0.2, 0) is 11.3 Å². The molecule has 0 aromatic carbocycles. The van der Waals surface area contributed by atoms with Gasteiger partial charge in [0.15, 0.2) is 5.76 Å². The average molecular weight is 268 g/mol. The molecule has 19 heavy (non-hydrogen) atoms. The number of hydrogen-bond acceptors (Lipinski definition) is 5. The third kappa shape index (κ3) is 4.08. The summed E-state index contributed by atoms with van der Waals surface area (Å²) in [5, 5.41) is 0. The Kier molecular flexibility index (Phi) is 5.08. The standard InChI is InChI=1S/C12H20N4O3/c1-8-9(5-10(19-8)12(18)14-13)6-16(4)7-11(17)15(2)3/h5H,6-7,13H2,1-4H3,(H,14,18). The first-order chi connectivity index (χ1) is 8.85. The minimum Gasteiger partial charge on any atom is -0.456 e. The monoisotopic (exact) mass is 268 g/mol. The molecule has 1 aromatic heterocycles. The maximum absolute atomic E-state index is 11.6. The molecule has 2 amide bonds. The lowest BCUT2D eigenvalue weighted by molar-refractivity contribution is -0.129. The number of carbonyl (C=O) groups is 2. The van der Waals surface area contributed by atoms with Crippen LogP contribution < -0.4 is 11.3 Å². The molecular weight excluding hydrogens is 248 g/mol. The van der Waals surface area contributed by atoms with Crippen molar-refractivity contribution < 1.29 is 14.0 Å². The zero-order chi connectivity index (χ0) is 14.6. The Bertz CT molecular complexity index is 468. The van der Waals surface area contributed by atoms with Crippen LogP contribution in [0.25, 0.3) is 0 Å². The van der Waals surface area contributed by atoms with Gasteiger partial charge in [-0.1, -0.05) is 0 Å². The van der Waals surface area contributed by atoms with E-state index in [1.807, 2.05) is 17.4 Å². The quantitative estimate of drug-likeness (QED) is 0.435.